The van der Waals surface area contributed by atoms with Gasteiger partial charge in [0.25, 0.3) is 5.69 Å². The molecule has 0 unspecified atom stereocenters. The average molecular weight is 280 g/mol. The summed E-state index contributed by atoms with van der Waals surface area (Å²) in [6.45, 7) is 3.09. The predicted molar refractivity (Wildman–Crippen MR) is 76.2 cm³/mol. The van der Waals surface area contributed by atoms with Crippen LogP contribution in [-0.4, -0.2) is 44.4 Å². The number of benzene rings is 1. The van der Waals surface area contributed by atoms with Crippen LogP contribution >= 0.6 is 0 Å². The van der Waals surface area contributed by atoms with Crippen LogP contribution in [0.15, 0.2) is 24.3 Å². The van der Waals surface area contributed by atoms with Crippen LogP contribution < -0.4 is 4.90 Å². The molecule has 2 rings (SSSR count). The second kappa shape index (κ2) is 7.21. The molecule has 1 fully saturated rings. The lowest BCUT2D eigenvalue weighted by Gasteiger charge is -2.33. The lowest BCUT2D eigenvalue weighted by molar-refractivity contribution is -0.384. The summed E-state index contributed by atoms with van der Waals surface area (Å²) in [4.78, 5) is 12.5. The number of anilines is 1. The first-order chi connectivity index (χ1) is 9.70. The van der Waals surface area contributed by atoms with Gasteiger partial charge < -0.3 is 14.4 Å². The van der Waals surface area contributed by atoms with Crippen molar-refractivity contribution < 1.29 is 14.4 Å². The number of nitro groups is 1. The summed E-state index contributed by atoms with van der Waals surface area (Å²) in [5.74, 6) is 0. The van der Waals surface area contributed by atoms with Gasteiger partial charge in [-0.3, -0.25) is 10.1 Å². The lowest BCUT2D eigenvalue weighted by Crippen LogP contribution is -2.37. The predicted octanol–water partition coefficient (Wildman–Crippen LogP) is 2.23. The minimum Gasteiger partial charge on any atom is -0.382 e. The molecule has 1 aliphatic heterocycles. The summed E-state index contributed by atoms with van der Waals surface area (Å²) in [5.41, 5.74) is 1.16. The van der Waals surface area contributed by atoms with Gasteiger partial charge in [-0.05, 0) is 25.0 Å². The maximum Gasteiger partial charge on any atom is 0.269 e. The zero-order chi connectivity index (χ0) is 14.4. The quantitative estimate of drug-likeness (QED) is 0.454. The summed E-state index contributed by atoms with van der Waals surface area (Å²) < 4.78 is 10.7. The summed E-state index contributed by atoms with van der Waals surface area (Å²) in [6.07, 6.45) is 2.24. The number of nitro benzene ring substituents is 1. The highest BCUT2D eigenvalue weighted by Crippen LogP contribution is 2.23. The van der Waals surface area contributed by atoms with Gasteiger partial charge in [-0.25, -0.2) is 0 Å². The molecule has 0 spiro atoms. The van der Waals surface area contributed by atoms with Gasteiger partial charge in [-0.2, -0.15) is 0 Å². The van der Waals surface area contributed by atoms with Crippen LogP contribution in [0.25, 0.3) is 0 Å². The van der Waals surface area contributed by atoms with Crippen molar-refractivity contribution in [1.29, 1.82) is 0 Å². The molecule has 0 atom stereocenters. The van der Waals surface area contributed by atoms with Crippen molar-refractivity contribution in [1.82, 2.24) is 0 Å². The Hall–Kier alpha value is -1.66. The SMILES string of the molecule is COCCOC1CCN(c2ccc([N+](=O)[O-])cc2)CC1. The normalized spacial score (nSPS) is 16.4. The molecule has 1 saturated heterocycles. The Labute approximate surface area is 118 Å². The van der Waals surface area contributed by atoms with Crippen molar-refractivity contribution in [3.05, 3.63) is 34.4 Å². The van der Waals surface area contributed by atoms with E-state index in [1.807, 2.05) is 12.1 Å². The van der Waals surface area contributed by atoms with Crippen LogP contribution in [-0.2, 0) is 9.47 Å². The fourth-order valence-electron chi connectivity index (χ4n) is 2.36. The Morgan fingerprint density at radius 1 is 1.25 bits per heavy atom. The molecule has 20 heavy (non-hydrogen) atoms. The third-order valence-corrected chi connectivity index (χ3v) is 3.51. The fourth-order valence-corrected chi connectivity index (χ4v) is 2.36. The molecular formula is C14H20N2O4. The monoisotopic (exact) mass is 280 g/mol. The largest absolute Gasteiger partial charge is 0.382 e. The van der Waals surface area contributed by atoms with Gasteiger partial charge >= 0.3 is 0 Å². The van der Waals surface area contributed by atoms with E-state index >= 15 is 0 Å². The third kappa shape index (κ3) is 3.91. The number of hydrogen-bond donors (Lipinski definition) is 0. The Bertz CT molecular complexity index is 427. The van der Waals surface area contributed by atoms with Crippen molar-refractivity contribution in [2.45, 2.75) is 18.9 Å². The number of methoxy groups -OCH3 is 1. The number of piperidine rings is 1. The first-order valence-electron chi connectivity index (χ1n) is 6.80. The molecule has 6 heteroatoms. The van der Waals surface area contributed by atoms with E-state index in [9.17, 15) is 10.1 Å². The maximum atomic E-state index is 10.6. The average Bonchev–Trinajstić information content (AvgIpc) is 2.48. The van der Waals surface area contributed by atoms with Crippen LogP contribution in [0, 0.1) is 10.1 Å². The zero-order valence-corrected chi connectivity index (χ0v) is 11.7. The maximum absolute atomic E-state index is 10.6. The molecule has 0 amide bonds. The summed E-state index contributed by atoms with van der Waals surface area (Å²) in [7, 11) is 1.67. The van der Waals surface area contributed by atoms with E-state index in [1.165, 1.54) is 0 Å². The van der Waals surface area contributed by atoms with E-state index in [4.69, 9.17) is 9.47 Å². The minimum atomic E-state index is -0.375. The zero-order valence-electron chi connectivity index (χ0n) is 11.7. The third-order valence-electron chi connectivity index (χ3n) is 3.51. The van der Waals surface area contributed by atoms with E-state index in [-0.39, 0.29) is 10.6 Å². The van der Waals surface area contributed by atoms with Crippen LogP contribution in [0.5, 0.6) is 0 Å². The molecule has 0 N–H and O–H groups in total. The van der Waals surface area contributed by atoms with Gasteiger partial charge in [0.05, 0.1) is 24.2 Å². The number of ether oxygens (including phenoxy) is 2. The Morgan fingerprint density at radius 3 is 2.45 bits per heavy atom. The van der Waals surface area contributed by atoms with Crippen molar-refractivity contribution in [3.8, 4) is 0 Å². The van der Waals surface area contributed by atoms with E-state index in [0.717, 1.165) is 31.6 Å². The molecule has 1 aromatic carbocycles. The Balaban J connectivity index is 1.82. The van der Waals surface area contributed by atoms with Crippen LogP contribution in [0.1, 0.15) is 12.8 Å². The first-order valence-corrected chi connectivity index (χ1v) is 6.80. The van der Waals surface area contributed by atoms with Crippen LogP contribution in [0.4, 0.5) is 11.4 Å². The van der Waals surface area contributed by atoms with Gasteiger partial charge in [0.2, 0.25) is 0 Å². The molecule has 0 bridgehead atoms. The molecule has 110 valence electrons. The van der Waals surface area contributed by atoms with Crippen molar-refractivity contribution in [3.63, 3.8) is 0 Å². The van der Waals surface area contributed by atoms with Gasteiger partial charge in [0.15, 0.2) is 0 Å². The van der Waals surface area contributed by atoms with E-state index < -0.39 is 0 Å². The highest BCUT2D eigenvalue weighted by atomic mass is 16.6. The number of nitrogens with zero attached hydrogens (tertiary/aromatic N) is 2. The Kier molecular flexibility index (Phi) is 5.31. The first kappa shape index (κ1) is 14.7. The van der Waals surface area contributed by atoms with E-state index in [0.29, 0.717) is 19.3 Å². The molecule has 0 radical (unpaired) electrons. The summed E-state index contributed by atoms with van der Waals surface area (Å²) in [5, 5.41) is 10.6. The smallest absolute Gasteiger partial charge is 0.269 e. The second-order valence-electron chi connectivity index (χ2n) is 4.82. The molecule has 0 aromatic heterocycles. The number of rotatable bonds is 6. The van der Waals surface area contributed by atoms with Gasteiger partial charge in [-0.15, -0.1) is 0 Å². The molecule has 1 aliphatic rings. The molecule has 0 aliphatic carbocycles. The summed E-state index contributed by atoms with van der Waals surface area (Å²) in [6, 6.07) is 6.72. The van der Waals surface area contributed by atoms with Crippen molar-refractivity contribution >= 4 is 11.4 Å². The standard InChI is InChI=1S/C14H20N2O4/c1-19-10-11-20-14-6-8-15(9-7-14)12-2-4-13(5-3-12)16(17)18/h2-5,14H,6-11H2,1H3. The topological polar surface area (TPSA) is 64.8 Å². The molecule has 0 saturated carbocycles. The van der Waals surface area contributed by atoms with Crippen LogP contribution in [0.2, 0.25) is 0 Å². The molecule has 1 aromatic rings. The highest BCUT2D eigenvalue weighted by Gasteiger charge is 2.20. The number of non-ortho nitro benzene ring substituents is 1. The van der Waals surface area contributed by atoms with Crippen molar-refractivity contribution in [2.24, 2.45) is 0 Å². The van der Waals surface area contributed by atoms with Crippen LogP contribution in [0.3, 0.4) is 0 Å². The van der Waals surface area contributed by atoms with Gasteiger partial charge in [0.1, 0.15) is 0 Å². The van der Waals surface area contributed by atoms with E-state index in [2.05, 4.69) is 4.90 Å². The summed E-state index contributed by atoms with van der Waals surface area (Å²) >= 11 is 0. The molecule has 1 heterocycles. The highest BCUT2D eigenvalue weighted by molar-refractivity contribution is 5.51. The van der Waals surface area contributed by atoms with Crippen molar-refractivity contribution in [2.75, 3.05) is 38.3 Å². The number of hydrogen-bond acceptors (Lipinski definition) is 5. The van der Waals surface area contributed by atoms with Gasteiger partial charge in [-0.1, -0.05) is 0 Å². The minimum absolute atomic E-state index is 0.131. The second-order valence-corrected chi connectivity index (χ2v) is 4.82. The van der Waals surface area contributed by atoms with E-state index in [1.54, 1.807) is 19.2 Å². The van der Waals surface area contributed by atoms with Gasteiger partial charge in [0, 0.05) is 38.0 Å². The Morgan fingerprint density at radius 2 is 1.90 bits per heavy atom. The lowest BCUT2D eigenvalue weighted by atomic mass is 10.1. The fraction of sp³-hybridized carbons (Fsp3) is 0.571. The molecular weight excluding hydrogens is 260 g/mol. The molecule has 6 nitrogen and oxygen atoms in total.